The Kier molecular flexibility index (Phi) is 3.32. The summed E-state index contributed by atoms with van der Waals surface area (Å²) in [6.45, 7) is 6.36. The zero-order valence-corrected chi connectivity index (χ0v) is 11.1. The number of methoxy groups -OCH3 is 1. The standard InChI is InChI=1S/C15H20O2/c1-5-6-12-13(16-4)8-7-11-9-10-15(2,3)17-14(11)12/h7-8H,5-6,10H2,1-4H3. The zero-order chi connectivity index (χ0) is 12.5. The van der Waals surface area contributed by atoms with Gasteiger partial charge in [0, 0.05) is 17.5 Å². The van der Waals surface area contributed by atoms with E-state index in [4.69, 9.17) is 9.47 Å². The molecule has 1 aliphatic heterocycles. The Morgan fingerprint density at radius 2 is 2.18 bits per heavy atom. The first-order chi connectivity index (χ1) is 8.07. The first-order valence-electron chi connectivity index (χ1n) is 6.20. The molecule has 0 aliphatic carbocycles. The summed E-state index contributed by atoms with van der Waals surface area (Å²) in [6.07, 6.45) is 6.31. The third-order valence-electron chi connectivity index (χ3n) is 3.02. The van der Waals surface area contributed by atoms with Gasteiger partial charge in [-0.3, -0.25) is 0 Å². The molecule has 0 saturated carbocycles. The second-order valence-electron chi connectivity index (χ2n) is 5.09. The number of rotatable bonds is 3. The monoisotopic (exact) mass is 232 g/mol. The minimum atomic E-state index is -0.165. The van der Waals surface area contributed by atoms with Gasteiger partial charge in [0.2, 0.25) is 0 Å². The van der Waals surface area contributed by atoms with E-state index in [1.165, 1.54) is 5.56 Å². The molecule has 2 nitrogen and oxygen atoms in total. The van der Waals surface area contributed by atoms with E-state index in [2.05, 4.69) is 27.2 Å². The van der Waals surface area contributed by atoms with Gasteiger partial charge in [0.05, 0.1) is 7.11 Å². The van der Waals surface area contributed by atoms with Crippen molar-refractivity contribution in [1.29, 1.82) is 0 Å². The molecule has 0 fully saturated rings. The van der Waals surface area contributed by atoms with Crippen LogP contribution in [0.3, 0.4) is 0 Å². The third kappa shape index (κ3) is 2.41. The normalized spacial score (nSPS) is 17.2. The van der Waals surface area contributed by atoms with Crippen LogP contribution in [0.25, 0.3) is 0 Å². The first kappa shape index (κ1) is 12.3. The van der Waals surface area contributed by atoms with E-state index in [0.717, 1.165) is 36.3 Å². The number of ether oxygens (including phenoxy) is 2. The van der Waals surface area contributed by atoms with Gasteiger partial charge in [0.1, 0.15) is 17.1 Å². The molecule has 92 valence electrons. The second-order valence-corrected chi connectivity index (χ2v) is 5.09. The molecular weight excluding hydrogens is 212 g/mol. The summed E-state index contributed by atoms with van der Waals surface area (Å²) >= 11 is 0. The molecule has 1 aliphatic rings. The lowest BCUT2D eigenvalue weighted by atomic mass is 9.91. The maximum Gasteiger partial charge on any atom is 0.130 e. The highest BCUT2D eigenvalue weighted by molar-refractivity contribution is 5.54. The van der Waals surface area contributed by atoms with Crippen molar-refractivity contribution >= 4 is 0 Å². The summed E-state index contributed by atoms with van der Waals surface area (Å²) in [5.74, 6) is 1.88. The van der Waals surface area contributed by atoms with Crippen molar-refractivity contribution in [1.82, 2.24) is 0 Å². The maximum atomic E-state index is 6.10. The fourth-order valence-electron chi connectivity index (χ4n) is 2.16. The van der Waals surface area contributed by atoms with Crippen molar-refractivity contribution in [3.05, 3.63) is 29.7 Å². The van der Waals surface area contributed by atoms with E-state index in [9.17, 15) is 0 Å². The quantitative estimate of drug-likeness (QED) is 0.792. The summed E-state index contributed by atoms with van der Waals surface area (Å²) in [5, 5.41) is 0. The van der Waals surface area contributed by atoms with Gasteiger partial charge < -0.3 is 9.47 Å². The molecule has 0 N–H and O–H groups in total. The fourth-order valence-corrected chi connectivity index (χ4v) is 2.16. The molecule has 1 aromatic carbocycles. The average Bonchev–Trinajstić information content (AvgIpc) is 2.29. The Hall–Kier alpha value is -1.18. The summed E-state index contributed by atoms with van der Waals surface area (Å²) < 4.78 is 11.5. The molecule has 0 saturated heterocycles. The highest BCUT2D eigenvalue weighted by atomic mass is 16.5. The first-order valence-corrected chi connectivity index (χ1v) is 6.20. The Bertz CT molecular complexity index is 408. The molecule has 0 spiro atoms. The van der Waals surface area contributed by atoms with Crippen LogP contribution in [0.5, 0.6) is 11.5 Å². The van der Waals surface area contributed by atoms with Crippen molar-refractivity contribution < 1.29 is 9.47 Å². The Balaban J connectivity index is 2.47. The summed E-state index contributed by atoms with van der Waals surface area (Å²) in [7, 11) is 1.71. The molecule has 0 atom stereocenters. The van der Waals surface area contributed by atoms with E-state index in [0.29, 0.717) is 0 Å². The number of hydrogen-bond donors (Lipinski definition) is 0. The lowest BCUT2D eigenvalue weighted by Crippen LogP contribution is -2.32. The van der Waals surface area contributed by atoms with Crippen LogP contribution in [0.4, 0.5) is 0 Å². The highest BCUT2D eigenvalue weighted by Crippen LogP contribution is 2.41. The van der Waals surface area contributed by atoms with Gasteiger partial charge in [-0.05, 0) is 32.8 Å². The van der Waals surface area contributed by atoms with Crippen LogP contribution >= 0.6 is 0 Å². The second kappa shape index (κ2) is 4.59. The van der Waals surface area contributed by atoms with Crippen molar-refractivity contribution in [3.63, 3.8) is 0 Å². The van der Waals surface area contributed by atoms with Crippen LogP contribution in [0.15, 0.2) is 12.1 Å². The molecular formula is C15H20O2. The molecule has 2 rings (SSSR count). The SMILES string of the molecule is CCCc1c(OC)ccc2c1OC(C)(C)C[C]2. The molecule has 1 heterocycles. The van der Waals surface area contributed by atoms with Gasteiger partial charge in [-0.2, -0.15) is 0 Å². The molecule has 2 radical (unpaired) electrons. The molecule has 17 heavy (non-hydrogen) atoms. The predicted molar refractivity (Wildman–Crippen MR) is 68.7 cm³/mol. The third-order valence-corrected chi connectivity index (χ3v) is 3.02. The molecule has 2 heteroatoms. The van der Waals surface area contributed by atoms with Crippen LogP contribution < -0.4 is 9.47 Å². The van der Waals surface area contributed by atoms with Gasteiger partial charge >= 0.3 is 0 Å². The zero-order valence-electron chi connectivity index (χ0n) is 11.1. The number of fused-ring (bicyclic) bond motifs is 1. The van der Waals surface area contributed by atoms with Crippen LogP contribution in [-0.4, -0.2) is 12.7 Å². The Morgan fingerprint density at radius 1 is 1.41 bits per heavy atom. The van der Waals surface area contributed by atoms with Crippen molar-refractivity contribution in [2.24, 2.45) is 0 Å². The molecule has 0 unspecified atom stereocenters. The van der Waals surface area contributed by atoms with Gasteiger partial charge in [0.15, 0.2) is 0 Å². The van der Waals surface area contributed by atoms with E-state index >= 15 is 0 Å². The van der Waals surface area contributed by atoms with E-state index < -0.39 is 0 Å². The van der Waals surface area contributed by atoms with Crippen LogP contribution in [0.2, 0.25) is 0 Å². The largest absolute Gasteiger partial charge is 0.496 e. The number of hydrogen-bond acceptors (Lipinski definition) is 2. The van der Waals surface area contributed by atoms with Crippen LogP contribution in [0.1, 0.15) is 44.7 Å². The summed E-state index contributed by atoms with van der Waals surface area (Å²) in [5.41, 5.74) is 2.09. The van der Waals surface area contributed by atoms with Crippen LogP contribution in [0, 0.1) is 6.42 Å². The predicted octanol–water partition coefficient (Wildman–Crippen LogP) is 3.64. The number of benzene rings is 1. The molecule has 0 bridgehead atoms. The van der Waals surface area contributed by atoms with Gasteiger partial charge in [-0.15, -0.1) is 0 Å². The average molecular weight is 232 g/mol. The van der Waals surface area contributed by atoms with Crippen molar-refractivity contribution in [3.8, 4) is 11.5 Å². The summed E-state index contributed by atoms with van der Waals surface area (Å²) in [6, 6.07) is 4.04. The highest BCUT2D eigenvalue weighted by Gasteiger charge is 2.29. The van der Waals surface area contributed by atoms with Crippen molar-refractivity contribution in [2.45, 2.75) is 45.6 Å². The van der Waals surface area contributed by atoms with E-state index in [1.54, 1.807) is 7.11 Å². The van der Waals surface area contributed by atoms with Crippen molar-refractivity contribution in [2.75, 3.05) is 7.11 Å². The van der Waals surface area contributed by atoms with Gasteiger partial charge in [0.25, 0.3) is 0 Å². The summed E-state index contributed by atoms with van der Waals surface area (Å²) in [4.78, 5) is 0. The smallest absolute Gasteiger partial charge is 0.130 e. The van der Waals surface area contributed by atoms with E-state index in [-0.39, 0.29) is 5.60 Å². The topological polar surface area (TPSA) is 18.5 Å². The van der Waals surface area contributed by atoms with Gasteiger partial charge in [-0.1, -0.05) is 19.4 Å². The maximum absolute atomic E-state index is 6.10. The lowest BCUT2D eigenvalue weighted by Gasteiger charge is -2.34. The molecule has 0 aromatic heterocycles. The molecule has 1 aromatic rings. The lowest BCUT2D eigenvalue weighted by molar-refractivity contribution is 0.0968. The minimum absolute atomic E-state index is 0.165. The Morgan fingerprint density at radius 3 is 2.82 bits per heavy atom. The molecule has 0 amide bonds. The van der Waals surface area contributed by atoms with E-state index in [1.807, 2.05) is 12.1 Å². The minimum Gasteiger partial charge on any atom is -0.496 e. The van der Waals surface area contributed by atoms with Crippen LogP contribution in [-0.2, 0) is 6.42 Å². The Labute approximate surface area is 104 Å². The fraction of sp³-hybridized carbons (Fsp3) is 0.533. The van der Waals surface area contributed by atoms with Gasteiger partial charge in [-0.25, -0.2) is 0 Å².